The molecule has 4 aromatic rings. The maximum Gasteiger partial charge on any atom is 0.286 e. The van der Waals surface area contributed by atoms with Gasteiger partial charge >= 0.3 is 0 Å². The zero-order valence-corrected chi connectivity index (χ0v) is 18.2. The molecule has 1 N–H and O–H groups in total. The third-order valence-corrected chi connectivity index (χ3v) is 6.23. The summed E-state index contributed by atoms with van der Waals surface area (Å²) in [5.41, 5.74) is 0.432. The van der Waals surface area contributed by atoms with Gasteiger partial charge in [-0.2, -0.15) is 4.98 Å². The Labute approximate surface area is 184 Å². The van der Waals surface area contributed by atoms with Gasteiger partial charge in [0, 0.05) is 24.4 Å². The van der Waals surface area contributed by atoms with E-state index in [2.05, 4.69) is 15.4 Å². The van der Waals surface area contributed by atoms with E-state index in [9.17, 15) is 14.9 Å². The van der Waals surface area contributed by atoms with Crippen LogP contribution < -0.4 is 14.8 Å². The minimum atomic E-state index is -0.624. The molecule has 12 heteroatoms. The Kier molecular flexibility index (Phi) is 5.82. The quantitative estimate of drug-likeness (QED) is 0.316. The molecule has 3 heterocycles. The molecule has 0 fully saturated rings. The second kappa shape index (κ2) is 8.70. The van der Waals surface area contributed by atoms with Gasteiger partial charge in [0.05, 0.1) is 35.8 Å². The molecule has 0 saturated carbocycles. The highest BCUT2D eigenvalue weighted by Gasteiger charge is 2.24. The second-order valence-corrected chi connectivity index (χ2v) is 8.11. The first kappa shape index (κ1) is 20.8. The topological polar surface area (TPSA) is 121 Å². The van der Waals surface area contributed by atoms with E-state index in [1.165, 1.54) is 37.7 Å². The van der Waals surface area contributed by atoms with Crippen LogP contribution in [-0.4, -0.2) is 46.2 Å². The summed E-state index contributed by atoms with van der Waals surface area (Å²) < 4.78 is 12.0. The molecule has 31 heavy (non-hydrogen) atoms. The Balaban J connectivity index is 1.49. The van der Waals surface area contributed by atoms with Gasteiger partial charge in [-0.05, 0) is 11.4 Å². The number of nitro benzene ring substituents is 1. The highest BCUT2D eigenvalue weighted by molar-refractivity contribution is 7.15. The Morgan fingerprint density at radius 2 is 2.03 bits per heavy atom. The van der Waals surface area contributed by atoms with Crippen molar-refractivity contribution in [3.05, 3.63) is 56.4 Å². The largest absolute Gasteiger partial charge is 0.493 e. The molecule has 3 aromatic heterocycles. The molecule has 0 bridgehead atoms. The van der Waals surface area contributed by atoms with Crippen LogP contribution in [0.1, 0.15) is 16.1 Å². The predicted octanol–water partition coefficient (Wildman–Crippen LogP) is 3.42. The van der Waals surface area contributed by atoms with Crippen LogP contribution in [0.3, 0.4) is 0 Å². The number of nitro groups is 1. The first-order valence-electron chi connectivity index (χ1n) is 9.07. The maximum absolute atomic E-state index is 12.6. The lowest BCUT2D eigenvalue weighted by atomic mass is 10.1. The Morgan fingerprint density at radius 3 is 2.71 bits per heavy atom. The average molecular weight is 460 g/mol. The van der Waals surface area contributed by atoms with Gasteiger partial charge in [0.15, 0.2) is 17.3 Å². The maximum atomic E-state index is 12.6. The number of ether oxygens (including phenoxy) is 2. The number of benzene rings is 1. The van der Waals surface area contributed by atoms with Crippen LogP contribution in [0.4, 0.5) is 5.69 Å². The fourth-order valence-corrected chi connectivity index (χ4v) is 4.52. The van der Waals surface area contributed by atoms with Crippen LogP contribution in [0, 0.1) is 10.1 Å². The summed E-state index contributed by atoms with van der Waals surface area (Å²) in [6.07, 6.45) is 0.486. The molecule has 1 aromatic carbocycles. The highest BCUT2D eigenvalue weighted by atomic mass is 32.1. The molecule has 1 amide bonds. The summed E-state index contributed by atoms with van der Waals surface area (Å²) in [5, 5.41) is 22.6. The van der Waals surface area contributed by atoms with Gasteiger partial charge in [0.25, 0.3) is 11.6 Å². The molecule has 0 unspecified atom stereocenters. The number of hydrogen-bond acceptors (Lipinski definition) is 9. The number of methoxy groups -OCH3 is 2. The lowest BCUT2D eigenvalue weighted by Crippen LogP contribution is -2.26. The van der Waals surface area contributed by atoms with Crippen molar-refractivity contribution >= 4 is 39.2 Å². The number of carbonyl (C=O) groups excluding carboxylic acids is 1. The van der Waals surface area contributed by atoms with E-state index in [0.29, 0.717) is 12.2 Å². The van der Waals surface area contributed by atoms with Crippen molar-refractivity contribution in [1.82, 2.24) is 19.9 Å². The van der Waals surface area contributed by atoms with Crippen molar-refractivity contribution in [2.45, 2.75) is 6.42 Å². The van der Waals surface area contributed by atoms with E-state index in [0.717, 1.165) is 15.5 Å². The van der Waals surface area contributed by atoms with Crippen LogP contribution >= 0.6 is 22.7 Å². The van der Waals surface area contributed by atoms with E-state index < -0.39 is 10.8 Å². The number of fused-ring (bicyclic) bond motifs is 1. The van der Waals surface area contributed by atoms with Gasteiger partial charge in [-0.25, -0.2) is 4.52 Å². The van der Waals surface area contributed by atoms with Crippen molar-refractivity contribution in [2.24, 2.45) is 0 Å². The van der Waals surface area contributed by atoms with Gasteiger partial charge < -0.3 is 14.8 Å². The predicted molar refractivity (Wildman–Crippen MR) is 116 cm³/mol. The molecule has 0 spiro atoms. The molecule has 0 atom stereocenters. The normalized spacial score (nSPS) is 10.9. The second-order valence-electron chi connectivity index (χ2n) is 6.32. The zero-order chi connectivity index (χ0) is 22.0. The van der Waals surface area contributed by atoms with E-state index in [1.807, 2.05) is 22.9 Å². The summed E-state index contributed by atoms with van der Waals surface area (Å²) in [6, 6.07) is 6.39. The first-order chi connectivity index (χ1) is 15.0. The summed E-state index contributed by atoms with van der Waals surface area (Å²) in [4.78, 5) is 29.7. The number of carbonyl (C=O) groups is 1. The lowest BCUT2D eigenvalue weighted by Gasteiger charge is -2.10. The number of aromatic nitrogens is 3. The molecule has 0 aliphatic heterocycles. The first-order valence-corrected chi connectivity index (χ1v) is 10.8. The molecular formula is C19H17N5O5S2. The number of nitrogens with one attached hydrogen (secondary N) is 1. The molecule has 4 rings (SSSR count). The average Bonchev–Trinajstić information content (AvgIpc) is 3.50. The lowest BCUT2D eigenvalue weighted by molar-refractivity contribution is -0.385. The molecule has 0 aliphatic rings. The number of thiophene rings is 1. The number of thiazole rings is 1. The van der Waals surface area contributed by atoms with Gasteiger partial charge in [0.1, 0.15) is 5.56 Å². The van der Waals surface area contributed by atoms with Gasteiger partial charge in [-0.1, -0.05) is 6.07 Å². The molecule has 0 radical (unpaired) electrons. The van der Waals surface area contributed by atoms with E-state index in [-0.39, 0.29) is 29.3 Å². The summed E-state index contributed by atoms with van der Waals surface area (Å²) >= 11 is 3.03. The van der Waals surface area contributed by atoms with E-state index in [4.69, 9.17) is 9.47 Å². The monoisotopic (exact) mass is 459 g/mol. The van der Waals surface area contributed by atoms with Gasteiger partial charge in [0.2, 0.25) is 4.96 Å². The molecule has 10 nitrogen and oxygen atoms in total. The van der Waals surface area contributed by atoms with E-state index in [1.54, 1.807) is 15.9 Å². The third kappa shape index (κ3) is 4.07. The summed E-state index contributed by atoms with van der Waals surface area (Å²) in [6.45, 7) is 0.268. The van der Waals surface area contributed by atoms with Crippen molar-refractivity contribution in [3.63, 3.8) is 0 Å². The van der Waals surface area contributed by atoms with E-state index >= 15 is 0 Å². The van der Waals surface area contributed by atoms with Crippen LogP contribution in [0.15, 0.2) is 35.0 Å². The SMILES string of the molecule is COc1cc(C(=O)NCCc2csc3nc(-c4cccs4)nn23)c([N+](=O)[O-])cc1OC. The fraction of sp³-hybridized carbons (Fsp3) is 0.211. The van der Waals surface area contributed by atoms with Crippen molar-refractivity contribution in [2.75, 3.05) is 20.8 Å². The third-order valence-electron chi connectivity index (χ3n) is 4.50. The Bertz CT molecular complexity index is 1250. The minimum absolute atomic E-state index is 0.0983. The standard InChI is InChI=1S/C19H17N5O5S2/c1-28-14-8-12(13(24(26)27)9-15(14)29-2)18(25)20-6-5-11-10-31-19-21-17(22-23(11)19)16-4-3-7-30-16/h3-4,7-10H,5-6H2,1-2H3,(H,20,25). The van der Waals surface area contributed by atoms with Crippen molar-refractivity contribution < 1.29 is 19.2 Å². The zero-order valence-electron chi connectivity index (χ0n) is 16.5. The number of amides is 1. The van der Waals surface area contributed by atoms with Crippen LogP contribution in [-0.2, 0) is 6.42 Å². The molecule has 0 aliphatic carbocycles. The smallest absolute Gasteiger partial charge is 0.286 e. The van der Waals surface area contributed by atoms with Gasteiger partial charge in [-0.3, -0.25) is 14.9 Å². The summed E-state index contributed by atoms with van der Waals surface area (Å²) in [7, 11) is 2.77. The van der Waals surface area contributed by atoms with Crippen LogP contribution in [0.5, 0.6) is 11.5 Å². The summed E-state index contributed by atoms with van der Waals surface area (Å²) in [5.74, 6) is 0.505. The van der Waals surface area contributed by atoms with Crippen LogP contribution in [0.25, 0.3) is 15.7 Å². The van der Waals surface area contributed by atoms with Gasteiger partial charge in [-0.15, -0.1) is 27.8 Å². The molecule has 0 saturated heterocycles. The molecule has 160 valence electrons. The number of nitrogens with zero attached hydrogens (tertiary/aromatic N) is 4. The number of rotatable bonds is 8. The van der Waals surface area contributed by atoms with Crippen molar-refractivity contribution in [3.8, 4) is 22.2 Å². The highest BCUT2D eigenvalue weighted by Crippen LogP contribution is 2.34. The Morgan fingerprint density at radius 1 is 1.26 bits per heavy atom. The fourth-order valence-electron chi connectivity index (χ4n) is 3.01. The van der Waals surface area contributed by atoms with Crippen molar-refractivity contribution in [1.29, 1.82) is 0 Å². The van der Waals surface area contributed by atoms with Crippen LogP contribution in [0.2, 0.25) is 0 Å². The Hall–Kier alpha value is -3.51. The molecular weight excluding hydrogens is 442 g/mol. The minimum Gasteiger partial charge on any atom is -0.493 e. The number of hydrogen-bond donors (Lipinski definition) is 1.